The highest BCUT2D eigenvalue weighted by atomic mass is 16.6. The first kappa shape index (κ1) is 18.1. The Morgan fingerprint density at radius 2 is 1.96 bits per heavy atom. The minimum Gasteiger partial charge on any atom is -0.452 e. The van der Waals surface area contributed by atoms with Crippen molar-refractivity contribution in [1.82, 2.24) is 5.01 Å². The monoisotopic (exact) mass is 368 g/mol. The number of hydrogen-bond donors (Lipinski definition) is 1. The molecule has 1 amide bonds. The van der Waals surface area contributed by atoms with Crippen molar-refractivity contribution >= 4 is 29.0 Å². The summed E-state index contributed by atoms with van der Waals surface area (Å²) in [7, 11) is 0. The normalized spacial score (nSPS) is 13.2. The zero-order valence-electron chi connectivity index (χ0n) is 14.2. The number of nitrogens with two attached hydrogens (primary N) is 1. The molecular formula is C18H16N4O5. The molecule has 0 saturated heterocycles. The number of ether oxygens (including phenoxy) is 1. The summed E-state index contributed by atoms with van der Waals surface area (Å²) in [6, 6.07) is 13.0. The van der Waals surface area contributed by atoms with E-state index in [9.17, 15) is 19.7 Å². The van der Waals surface area contributed by atoms with Gasteiger partial charge in [-0.2, -0.15) is 5.10 Å². The van der Waals surface area contributed by atoms with Gasteiger partial charge in [-0.1, -0.05) is 30.3 Å². The van der Waals surface area contributed by atoms with Gasteiger partial charge in [0.2, 0.25) is 0 Å². The SMILES string of the molecule is Nc1ccc(C(=O)OCC(=O)N2CCC(c3ccccc3)=N2)cc1[N+](=O)[O-]. The third-order valence-electron chi connectivity index (χ3n) is 3.99. The summed E-state index contributed by atoms with van der Waals surface area (Å²) in [5.41, 5.74) is 6.68. The topological polar surface area (TPSA) is 128 Å². The largest absolute Gasteiger partial charge is 0.452 e. The van der Waals surface area contributed by atoms with Crippen LogP contribution in [0.5, 0.6) is 0 Å². The summed E-state index contributed by atoms with van der Waals surface area (Å²) >= 11 is 0. The average molecular weight is 368 g/mol. The highest BCUT2D eigenvalue weighted by Crippen LogP contribution is 2.22. The third-order valence-corrected chi connectivity index (χ3v) is 3.99. The fourth-order valence-electron chi connectivity index (χ4n) is 2.58. The minimum atomic E-state index is -0.849. The fourth-order valence-corrected chi connectivity index (χ4v) is 2.58. The minimum absolute atomic E-state index is 0.0569. The maximum absolute atomic E-state index is 12.2. The summed E-state index contributed by atoms with van der Waals surface area (Å²) in [6.45, 7) is -0.115. The van der Waals surface area contributed by atoms with Gasteiger partial charge in [0, 0.05) is 12.5 Å². The number of nitrogen functional groups attached to an aromatic ring is 1. The lowest BCUT2D eigenvalue weighted by Gasteiger charge is -2.11. The number of anilines is 1. The molecule has 0 spiro atoms. The zero-order chi connectivity index (χ0) is 19.4. The molecule has 1 heterocycles. The molecule has 2 N–H and O–H groups in total. The van der Waals surface area contributed by atoms with Crippen molar-refractivity contribution < 1.29 is 19.2 Å². The van der Waals surface area contributed by atoms with E-state index in [1.165, 1.54) is 17.1 Å². The number of rotatable bonds is 5. The van der Waals surface area contributed by atoms with E-state index in [1.807, 2.05) is 30.3 Å². The standard InChI is InChI=1S/C18H16N4O5/c19-14-7-6-13(10-16(14)22(25)26)18(24)27-11-17(23)21-9-8-15(20-21)12-4-2-1-3-5-12/h1-7,10H,8-9,11,19H2. The van der Waals surface area contributed by atoms with E-state index < -0.39 is 29.1 Å². The van der Waals surface area contributed by atoms with Gasteiger partial charge in [0.05, 0.1) is 22.7 Å². The van der Waals surface area contributed by atoms with E-state index in [0.717, 1.165) is 17.3 Å². The van der Waals surface area contributed by atoms with E-state index in [0.29, 0.717) is 13.0 Å². The Bertz CT molecular complexity index is 927. The second-order valence-electron chi connectivity index (χ2n) is 5.79. The fraction of sp³-hybridized carbons (Fsp3) is 0.167. The van der Waals surface area contributed by atoms with E-state index >= 15 is 0 Å². The molecule has 9 heteroatoms. The first-order valence-electron chi connectivity index (χ1n) is 8.10. The lowest BCUT2D eigenvalue weighted by atomic mass is 10.1. The lowest BCUT2D eigenvalue weighted by molar-refractivity contribution is -0.383. The molecule has 0 fully saturated rings. The average Bonchev–Trinajstić information content (AvgIpc) is 3.17. The maximum atomic E-state index is 12.2. The van der Waals surface area contributed by atoms with Gasteiger partial charge in [0.25, 0.3) is 11.6 Å². The number of hydrazone groups is 1. The van der Waals surface area contributed by atoms with Crippen LogP contribution in [0.3, 0.4) is 0 Å². The van der Waals surface area contributed by atoms with Crippen LogP contribution in [-0.4, -0.2) is 40.7 Å². The Balaban J connectivity index is 1.61. The molecule has 2 aromatic carbocycles. The zero-order valence-corrected chi connectivity index (χ0v) is 14.2. The molecule has 1 aliphatic rings. The number of amides is 1. The molecule has 3 rings (SSSR count). The first-order valence-corrected chi connectivity index (χ1v) is 8.10. The van der Waals surface area contributed by atoms with Crippen molar-refractivity contribution in [3.05, 3.63) is 69.8 Å². The molecule has 2 aromatic rings. The van der Waals surface area contributed by atoms with Crippen LogP contribution < -0.4 is 5.73 Å². The van der Waals surface area contributed by atoms with Gasteiger partial charge in [0.15, 0.2) is 6.61 Å². The van der Waals surface area contributed by atoms with E-state index in [-0.39, 0.29) is 11.3 Å². The molecule has 138 valence electrons. The van der Waals surface area contributed by atoms with Crippen LogP contribution >= 0.6 is 0 Å². The van der Waals surface area contributed by atoms with Crippen LogP contribution in [0.2, 0.25) is 0 Å². The predicted octanol–water partition coefficient (Wildman–Crippen LogP) is 1.97. The van der Waals surface area contributed by atoms with Gasteiger partial charge in [0.1, 0.15) is 5.69 Å². The van der Waals surface area contributed by atoms with E-state index in [1.54, 1.807) is 0 Å². The summed E-state index contributed by atoms with van der Waals surface area (Å²) in [5, 5.41) is 16.4. The van der Waals surface area contributed by atoms with Crippen molar-refractivity contribution in [3.8, 4) is 0 Å². The first-order chi connectivity index (χ1) is 13.0. The van der Waals surface area contributed by atoms with Gasteiger partial charge < -0.3 is 10.5 Å². The highest BCUT2D eigenvalue weighted by molar-refractivity contribution is 6.02. The number of esters is 1. The summed E-state index contributed by atoms with van der Waals surface area (Å²) in [5.74, 6) is -1.32. The molecule has 0 bridgehead atoms. The van der Waals surface area contributed by atoms with Crippen LogP contribution in [0.4, 0.5) is 11.4 Å². The lowest BCUT2D eigenvalue weighted by Crippen LogP contribution is -2.28. The van der Waals surface area contributed by atoms with Crippen LogP contribution in [0.15, 0.2) is 53.6 Å². The van der Waals surface area contributed by atoms with Gasteiger partial charge >= 0.3 is 5.97 Å². The van der Waals surface area contributed by atoms with Gasteiger partial charge in [-0.05, 0) is 17.7 Å². The van der Waals surface area contributed by atoms with Crippen molar-refractivity contribution in [2.75, 3.05) is 18.9 Å². The van der Waals surface area contributed by atoms with Crippen LogP contribution in [0, 0.1) is 10.1 Å². The molecule has 9 nitrogen and oxygen atoms in total. The number of nitro benzene ring substituents is 1. The van der Waals surface area contributed by atoms with Crippen molar-refractivity contribution in [2.24, 2.45) is 5.10 Å². The van der Waals surface area contributed by atoms with Gasteiger partial charge in [-0.25, -0.2) is 9.80 Å². The quantitative estimate of drug-likeness (QED) is 0.372. The molecular weight excluding hydrogens is 352 g/mol. The molecule has 0 aliphatic carbocycles. The molecule has 0 atom stereocenters. The second-order valence-corrected chi connectivity index (χ2v) is 5.79. The third kappa shape index (κ3) is 4.09. The Labute approximate surface area is 154 Å². The molecule has 27 heavy (non-hydrogen) atoms. The molecule has 0 saturated carbocycles. The second kappa shape index (κ2) is 7.65. The Hall–Kier alpha value is -3.75. The Morgan fingerprint density at radius 3 is 2.67 bits per heavy atom. The summed E-state index contributed by atoms with van der Waals surface area (Å²) in [6.07, 6.45) is 0.605. The molecule has 1 aliphatic heterocycles. The van der Waals surface area contributed by atoms with Gasteiger partial charge in [-0.3, -0.25) is 14.9 Å². The molecule has 0 aromatic heterocycles. The number of carbonyl (C=O) groups is 2. The predicted molar refractivity (Wildman–Crippen MR) is 97.1 cm³/mol. The Morgan fingerprint density at radius 1 is 1.22 bits per heavy atom. The highest BCUT2D eigenvalue weighted by Gasteiger charge is 2.23. The van der Waals surface area contributed by atoms with Crippen LogP contribution in [0.1, 0.15) is 22.3 Å². The summed E-state index contributed by atoms with van der Waals surface area (Å²) in [4.78, 5) is 34.4. The summed E-state index contributed by atoms with van der Waals surface area (Å²) < 4.78 is 4.96. The number of nitrogens with zero attached hydrogens (tertiary/aromatic N) is 3. The molecule has 0 radical (unpaired) electrons. The van der Waals surface area contributed by atoms with E-state index in [2.05, 4.69) is 5.10 Å². The Kier molecular flexibility index (Phi) is 5.11. The molecule has 0 unspecified atom stereocenters. The van der Waals surface area contributed by atoms with Gasteiger partial charge in [-0.15, -0.1) is 0 Å². The van der Waals surface area contributed by atoms with E-state index in [4.69, 9.17) is 10.5 Å². The van der Waals surface area contributed by atoms with Crippen molar-refractivity contribution in [3.63, 3.8) is 0 Å². The maximum Gasteiger partial charge on any atom is 0.338 e. The smallest absolute Gasteiger partial charge is 0.338 e. The van der Waals surface area contributed by atoms with Crippen LogP contribution in [-0.2, 0) is 9.53 Å². The number of carbonyl (C=O) groups excluding carboxylic acids is 2. The number of hydrogen-bond acceptors (Lipinski definition) is 7. The van der Waals surface area contributed by atoms with Crippen LogP contribution in [0.25, 0.3) is 0 Å². The van der Waals surface area contributed by atoms with Crippen molar-refractivity contribution in [2.45, 2.75) is 6.42 Å². The number of nitro groups is 1. The van der Waals surface area contributed by atoms with Crippen molar-refractivity contribution in [1.29, 1.82) is 0 Å². The number of benzene rings is 2.